The summed E-state index contributed by atoms with van der Waals surface area (Å²) in [5.41, 5.74) is -0.186. The van der Waals surface area contributed by atoms with Crippen molar-refractivity contribution in [2.75, 3.05) is 0 Å². The van der Waals surface area contributed by atoms with Gasteiger partial charge in [0.2, 0.25) is 0 Å². The molecule has 5 nitrogen and oxygen atoms in total. The van der Waals surface area contributed by atoms with Crippen molar-refractivity contribution in [3.05, 3.63) is 29.6 Å². The van der Waals surface area contributed by atoms with Gasteiger partial charge in [-0.05, 0) is 32.4 Å². The van der Waals surface area contributed by atoms with Crippen molar-refractivity contribution >= 4 is 11.9 Å². The molecule has 0 aliphatic heterocycles. The normalized spacial score (nSPS) is 13.4. The van der Waals surface area contributed by atoms with E-state index in [9.17, 15) is 14.0 Å². The fourth-order valence-corrected chi connectivity index (χ4v) is 1.48. The zero-order valence-electron chi connectivity index (χ0n) is 11.6. The monoisotopic (exact) mass is 283 g/mol. The van der Waals surface area contributed by atoms with Crippen LogP contribution in [-0.4, -0.2) is 29.1 Å². The molecule has 0 aliphatic carbocycles. The average molecular weight is 283 g/mol. The summed E-state index contributed by atoms with van der Waals surface area (Å²) in [7, 11) is 0. The standard InChI is InChI=1S/C14H18FNO4/c1-4-8(2)16-13(17)9(3)20-12-7-10(15)5-6-11(12)14(18)19/h5-9H,4H2,1-3H3,(H,16,17)(H,18,19). The van der Waals surface area contributed by atoms with Crippen LogP contribution in [-0.2, 0) is 4.79 Å². The first-order valence-corrected chi connectivity index (χ1v) is 6.35. The van der Waals surface area contributed by atoms with Gasteiger partial charge in [-0.1, -0.05) is 6.92 Å². The van der Waals surface area contributed by atoms with Gasteiger partial charge in [-0.3, -0.25) is 4.79 Å². The Labute approximate surface area is 116 Å². The Bertz CT molecular complexity index is 504. The van der Waals surface area contributed by atoms with Gasteiger partial charge < -0.3 is 15.2 Å². The summed E-state index contributed by atoms with van der Waals surface area (Å²) in [6, 6.07) is 3.07. The van der Waals surface area contributed by atoms with Gasteiger partial charge in [0, 0.05) is 12.1 Å². The molecule has 1 aromatic carbocycles. The van der Waals surface area contributed by atoms with E-state index in [1.54, 1.807) is 0 Å². The smallest absolute Gasteiger partial charge is 0.339 e. The molecule has 0 heterocycles. The van der Waals surface area contributed by atoms with Gasteiger partial charge in [-0.2, -0.15) is 0 Å². The van der Waals surface area contributed by atoms with Crippen molar-refractivity contribution in [2.45, 2.75) is 39.3 Å². The number of carboxylic acid groups (broad SMARTS) is 1. The van der Waals surface area contributed by atoms with Crippen LogP contribution in [0.4, 0.5) is 4.39 Å². The lowest BCUT2D eigenvalue weighted by Crippen LogP contribution is -2.41. The van der Waals surface area contributed by atoms with Crippen molar-refractivity contribution in [2.24, 2.45) is 0 Å². The van der Waals surface area contributed by atoms with Crippen LogP contribution < -0.4 is 10.1 Å². The minimum absolute atomic E-state index is 0.0139. The molecule has 0 saturated carbocycles. The second-order valence-electron chi connectivity index (χ2n) is 4.52. The molecule has 0 aromatic heterocycles. The van der Waals surface area contributed by atoms with Crippen molar-refractivity contribution in [1.29, 1.82) is 0 Å². The second-order valence-corrected chi connectivity index (χ2v) is 4.52. The number of rotatable bonds is 6. The molecule has 2 N–H and O–H groups in total. The molecule has 1 aromatic rings. The molecule has 1 amide bonds. The molecular weight excluding hydrogens is 265 g/mol. The summed E-state index contributed by atoms with van der Waals surface area (Å²) < 4.78 is 18.4. The van der Waals surface area contributed by atoms with E-state index in [-0.39, 0.29) is 23.3 Å². The summed E-state index contributed by atoms with van der Waals surface area (Å²) in [4.78, 5) is 22.8. The highest BCUT2D eigenvalue weighted by Crippen LogP contribution is 2.21. The number of benzene rings is 1. The fourth-order valence-electron chi connectivity index (χ4n) is 1.48. The number of hydrogen-bond donors (Lipinski definition) is 2. The Morgan fingerprint density at radius 1 is 1.40 bits per heavy atom. The summed E-state index contributed by atoms with van der Waals surface area (Å²) in [6.45, 7) is 5.25. The number of carbonyl (C=O) groups excluding carboxylic acids is 1. The van der Waals surface area contributed by atoms with Crippen LogP contribution >= 0.6 is 0 Å². The maximum absolute atomic E-state index is 13.2. The number of hydrogen-bond acceptors (Lipinski definition) is 3. The molecule has 1 rings (SSSR count). The fraction of sp³-hybridized carbons (Fsp3) is 0.429. The Morgan fingerprint density at radius 3 is 2.60 bits per heavy atom. The number of aromatic carboxylic acids is 1. The lowest BCUT2D eigenvalue weighted by molar-refractivity contribution is -0.127. The molecule has 20 heavy (non-hydrogen) atoms. The van der Waals surface area contributed by atoms with E-state index in [4.69, 9.17) is 9.84 Å². The van der Waals surface area contributed by atoms with Crippen molar-refractivity contribution in [3.8, 4) is 5.75 Å². The third kappa shape index (κ3) is 4.22. The zero-order valence-corrected chi connectivity index (χ0v) is 11.6. The zero-order chi connectivity index (χ0) is 15.3. The number of ether oxygens (including phenoxy) is 1. The SMILES string of the molecule is CCC(C)NC(=O)C(C)Oc1cc(F)ccc1C(=O)O. The largest absolute Gasteiger partial charge is 0.480 e. The van der Waals surface area contributed by atoms with E-state index in [1.165, 1.54) is 6.92 Å². The van der Waals surface area contributed by atoms with Crippen LogP contribution in [0.25, 0.3) is 0 Å². The highest BCUT2D eigenvalue weighted by atomic mass is 19.1. The molecule has 0 spiro atoms. The Morgan fingerprint density at radius 2 is 2.05 bits per heavy atom. The summed E-state index contributed by atoms with van der Waals surface area (Å²) in [6.07, 6.45) is -0.150. The van der Waals surface area contributed by atoms with E-state index in [0.29, 0.717) is 0 Å². The van der Waals surface area contributed by atoms with E-state index >= 15 is 0 Å². The van der Waals surface area contributed by atoms with E-state index in [2.05, 4.69) is 5.32 Å². The molecule has 2 unspecified atom stereocenters. The van der Waals surface area contributed by atoms with Crippen LogP contribution in [0.1, 0.15) is 37.6 Å². The lowest BCUT2D eigenvalue weighted by atomic mass is 10.2. The van der Waals surface area contributed by atoms with E-state index < -0.39 is 17.9 Å². The Kier molecular flexibility index (Phi) is 5.49. The van der Waals surface area contributed by atoms with E-state index in [0.717, 1.165) is 24.6 Å². The van der Waals surface area contributed by atoms with Gasteiger partial charge in [0.15, 0.2) is 6.10 Å². The highest BCUT2D eigenvalue weighted by molar-refractivity contribution is 5.91. The number of amides is 1. The predicted octanol–water partition coefficient (Wildman–Crippen LogP) is 2.21. The van der Waals surface area contributed by atoms with Crippen LogP contribution in [0, 0.1) is 5.82 Å². The minimum atomic E-state index is -1.24. The minimum Gasteiger partial charge on any atom is -0.480 e. The maximum Gasteiger partial charge on any atom is 0.339 e. The molecule has 0 bridgehead atoms. The first-order valence-electron chi connectivity index (χ1n) is 6.35. The molecular formula is C14H18FNO4. The second kappa shape index (κ2) is 6.88. The first kappa shape index (κ1) is 15.9. The number of carboxylic acids is 1. The Balaban J connectivity index is 2.84. The third-order valence-corrected chi connectivity index (χ3v) is 2.85. The van der Waals surface area contributed by atoms with E-state index in [1.807, 2.05) is 13.8 Å². The molecule has 0 aliphatic rings. The summed E-state index contributed by atoms with van der Waals surface area (Å²) in [5.74, 6) is -2.40. The number of nitrogens with one attached hydrogen (secondary N) is 1. The molecule has 0 radical (unpaired) electrons. The Hall–Kier alpha value is -2.11. The maximum atomic E-state index is 13.2. The number of halogens is 1. The van der Waals surface area contributed by atoms with Crippen molar-refractivity contribution < 1.29 is 23.8 Å². The molecule has 0 fully saturated rings. The van der Waals surface area contributed by atoms with Gasteiger partial charge in [-0.25, -0.2) is 9.18 Å². The predicted molar refractivity (Wildman–Crippen MR) is 71.3 cm³/mol. The average Bonchev–Trinajstić information content (AvgIpc) is 2.38. The lowest BCUT2D eigenvalue weighted by Gasteiger charge is -2.18. The van der Waals surface area contributed by atoms with Gasteiger partial charge in [0.1, 0.15) is 17.1 Å². The number of carbonyl (C=O) groups is 2. The van der Waals surface area contributed by atoms with Crippen molar-refractivity contribution in [1.82, 2.24) is 5.32 Å². The third-order valence-electron chi connectivity index (χ3n) is 2.85. The van der Waals surface area contributed by atoms with Crippen LogP contribution in [0.15, 0.2) is 18.2 Å². The molecule has 0 saturated heterocycles. The molecule has 2 atom stereocenters. The topological polar surface area (TPSA) is 75.6 Å². The summed E-state index contributed by atoms with van der Waals surface area (Å²) >= 11 is 0. The van der Waals surface area contributed by atoms with Crippen molar-refractivity contribution in [3.63, 3.8) is 0 Å². The summed E-state index contributed by atoms with van der Waals surface area (Å²) in [5, 5.41) is 11.7. The van der Waals surface area contributed by atoms with Crippen LogP contribution in [0.2, 0.25) is 0 Å². The van der Waals surface area contributed by atoms with Gasteiger partial charge in [-0.15, -0.1) is 0 Å². The van der Waals surface area contributed by atoms with Gasteiger partial charge in [0.05, 0.1) is 0 Å². The van der Waals surface area contributed by atoms with Crippen LogP contribution in [0.3, 0.4) is 0 Å². The molecule has 110 valence electrons. The van der Waals surface area contributed by atoms with Gasteiger partial charge in [0.25, 0.3) is 5.91 Å². The van der Waals surface area contributed by atoms with Gasteiger partial charge >= 0.3 is 5.97 Å². The first-order chi connectivity index (χ1) is 9.35. The quantitative estimate of drug-likeness (QED) is 0.839. The van der Waals surface area contributed by atoms with Crippen LogP contribution in [0.5, 0.6) is 5.75 Å². The highest BCUT2D eigenvalue weighted by Gasteiger charge is 2.20. The molecule has 6 heteroatoms.